The first kappa shape index (κ1) is 13.8. The summed E-state index contributed by atoms with van der Waals surface area (Å²) in [5, 5.41) is 0. The lowest BCUT2D eigenvalue weighted by molar-refractivity contribution is 0.335. The van der Waals surface area contributed by atoms with E-state index in [2.05, 4.69) is 51.7 Å². The average molecular weight is 312 g/mol. The summed E-state index contributed by atoms with van der Waals surface area (Å²) in [6, 6.07) is 2.65. The van der Waals surface area contributed by atoms with E-state index in [-0.39, 0.29) is 0 Å². The molecule has 2 unspecified atom stereocenters. The number of hydrogen-bond donors (Lipinski definition) is 0. The van der Waals surface area contributed by atoms with Gasteiger partial charge in [0.25, 0.3) is 0 Å². The Balaban J connectivity index is 2.16. The molecule has 0 amide bonds. The normalized spacial score (nSPS) is 24.0. The van der Waals surface area contributed by atoms with E-state index in [1.165, 1.54) is 25.7 Å². The Morgan fingerprint density at radius 2 is 2.17 bits per heavy atom. The molecular formula is C14H22BrN3. The molecule has 0 saturated heterocycles. The first-order valence-corrected chi connectivity index (χ1v) is 7.65. The molecule has 100 valence electrons. The predicted octanol–water partition coefficient (Wildman–Crippen LogP) is 3.82. The van der Waals surface area contributed by atoms with Crippen molar-refractivity contribution < 1.29 is 0 Å². The second-order valence-electron chi connectivity index (χ2n) is 5.36. The number of aromatic nitrogens is 2. The van der Waals surface area contributed by atoms with Gasteiger partial charge in [-0.3, -0.25) is 0 Å². The molecule has 18 heavy (non-hydrogen) atoms. The summed E-state index contributed by atoms with van der Waals surface area (Å²) in [5.74, 6) is 2.80. The standard InChI is InChI=1S/C14H22BrN3/c1-4-13-16-12(15)9-14(17-13)18(3)11-7-5-6-10(2)8-11/h9-11H,4-8H2,1-3H3. The van der Waals surface area contributed by atoms with Crippen LogP contribution in [0.15, 0.2) is 10.7 Å². The fraction of sp³-hybridized carbons (Fsp3) is 0.714. The second-order valence-corrected chi connectivity index (χ2v) is 6.17. The van der Waals surface area contributed by atoms with Gasteiger partial charge in [-0.25, -0.2) is 9.97 Å². The van der Waals surface area contributed by atoms with Crippen LogP contribution in [0.4, 0.5) is 5.82 Å². The number of rotatable bonds is 3. The summed E-state index contributed by atoms with van der Waals surface area (Å²) in [6.45, 7) is 4.45. The number of anilines is 1. The fourth-order valence-corrected chi connectivity index (χ4v) is 3.14. The van der Waals surface area contributed by atoms with Gasteiger partial charge >= 0.3 is 0 Å². The fourth-order valence-electron chi connectivity index (χ4n) is 2.73. The van der Waals surface area contributed by atoms with E-state index < -0.39 is 0 Å². The number of halogens is 1. The Morgan fingerprint density at radius 1 is 1.39 bits per heavy atom. The minimum absolute atomic E-state index is 0.625. The van der Waals surface area contributed by atoms with Gasteiger partial charge in [-0.1, -0.05) is 26.7 Å². The molecule has 1 aromatic heterocycles. The minimum atomic E-state index is 0.625. The van der Waals surface area contributed by atoms with Gasteiger partial charge in [0.1, 0.15) is 16.2 Å². The van der Waals surface area contributed by atoms with E-state index in [0.717, 1.165) is 28.6 Å². The molecule has 2 rings (SSSR count). The Bertz CT molecular complexity index is 408. The smallest absolute Gasteiger partial charge is 0.133 e. The van der Waals surface area contributed by atoms with Crippen molar-refractivity contribution in [2.75, 3.05) is 11.9 Å². The first-order valence-electron chi connectivity index (χ1n) is 6.86. The third kappa shape index (κ3) is 3.22. The molecule has 1 saturated carbocycles. The number of aryl methyl sites for hydroxylation is 1. The van der Waals surface area contributed by atoms with Gasteiger partial charge in [-0.05, 0) is 34.7 Å². The van der Waals surface area contributed by atoms with Crippen LogP contribution in [0.1, 0.15) is 45.4 Å². The van der Waals surface area contributed by atoms with Crippen molar-refractivity contribution in [2.24, 2.45) is 5.92 Å². The molecule has 1 aliphatic rings. The molecule has 0 spiro atoms. The highest BCUT2D eigenvalue weighted by Gasteiger charge is 2.23. The molecule has 1 heterocycles. The maximum atomic E-state index is 4.64. The largest absolute Gasteiger partial charge is 0.357 e. The average Bonchev–Trinajstić information content (AvgIpc) is 2.37. The Hall–Kier alpha value is -0.640. The molecular weight excluding hydrogens is 290 g/mol. The lowest BCUT2D eigenvalue weighted by atomic mass is 9.86. The molecule has 0 aromatic carbocycles. The Morgan fingerprint density at radius 3 is 2.83 bits per heavy atom. The van der Waals surface area contributed by atoms with Crippen LogP contribution in [0, 0.1) is 5.92 Å². The summed E-state index contributed by atoms with van der Waals surface area (Å²) >= 11 is 3.48. The minimum Gasteiger partial charge on any atom is -0.357 e. The van der Waals surface area contributed by atoms with Crippen LogP contribution >= 0.6 is 15.9 Å². The molecule has 1 fully saturated rings. The highest BCUT2D eigenvalue weighted by Crippen LogP contribution is 2.29. The van der Waals surface area contributed by atoms with Crippen molar-refractivity contribution in [3.05, 3.63) is 16.5 Å². The highest BCUT2D eigenvalue weighted by molar-refractivity contribution is 9.10. The zero-order valence-electron chi connectivity index (χ0n) is 11.5. The molecule has 0 bridgehead atoms. The van der Waals surface area contributed by atoms with Crippen molar-refractivity contribution >= 4 is 21.7 Å². The van der Waals surface area contributed by atoms with E-state index in [0.29, 0.717) is 6.04 Å². The maximum Gasteiger partial charge on any atom is 0.133 e. The van der Waals surface area contributed by atoms with Crippen LogP contribution in [-0.4, -0.2) is 23.1 Å². The lowest BCUT2D eigenvalue weighted by Crippen LogP contribution is -2.36. The summed E-state index contributed by atoms with van der Waals surface area (Å²) in [7, 11) is 2.16. The van der Waals surface area contributed by atoms with Crippen LogP contribution in [0.25, 0.3) is 0 Å². The van der Waals surface area contributed by atoms with Crippen molar-refractivity contribution in [2.45, 2.75) is 52.0 Å². The topological polar surface area (TPSA) is 29.0 Å². The van der Waals surface area contributed by atoms with Gasteiger partial charge in [0, 0.05) is 25.6 Å². The lowest BCUT2D eigenvalue weighted by Gasteiger charge is -2.35. The van der Waals surface area contributed by atoms with E-state index >= 15 is 0 Å². The summed E-state index contributed by atoms with van der Waals surface area (Å²) in [4.78, 5) is 11.3. The highest BCUT2D eigenvalue weighted by atomic mass is 79.9. The van der Waals surface area contributed by atoms with E-state index in [9.17, 15) is 0 Å². The van der Waals surface area contributed by atoms with Gasteiger partial charge in [0.15, 0.2) is 0 Å². The quantitative estimate of drug-likeness (QED) is 0.795. The molecule has 2 atom stereocenters. The summed E-state index contributed by atoms with van der Waals surface area (Å²) in [6.07, 6.45) is 6.14. The SMILES string of the molecule is CCc1nc(Br)cc(N(C)C2CCCC(C)C2)n1. The number of hydrogen-bond acceptors (Lipinski definition) is 3. The molecule has 4 heteroatoms. The van der Waals surface area contributed by atoms with E-state index in [4.69, 9.17) is 0 Å². The van der Waals surface area contributed by atoms with Gasteiger partial charge in [0.05, 0.1) is 0 Å². The third-order valence-corrected chi connectivity index (χ3v) is 4.27. The molecule has 0 N–H and O–H groups in total. The van der Waals surface area contributed by atoms with Gasteiger partial charge in [-0.2, -0.15) is 0 Å². The zero-order chi connectivity index (χ0) is 13.1. The van der Waals surface area contributed by atoms with Crippen molar-refractivity contribution in [1.82, 2.24) is 9.97 Å². The summed E-state index contributed by atoms with van der Waals surface area (Å²) in [5.41, 5.74) is 0. The summed E-state index contributed by atoms with van der Waals surface area (Å²) < 4.78 is 0.889. The molecule has 0 radical (unpaired) electrons. The van der Waals surface area contributed by atoms with Gasteiger partial charge in [-0.15, -0.1) is 0 Å². The van der Waals surface area contributed by atoms with Crippen LogP contribution in [-0.2, 0) is 6.42 Å². The van der Waals surface area contributed by atoms with Crippen LogP contribution in [0.5, 0.6) is 0 Å². The van der Waals surface area contributed by atoms with E-state index in [1.54, 1.807) is 0 Å². The monoisotopic (exact) mass is 311 g/mol. The Labute approximate surface area is 118 Å². The van der Waals surface area contributed by atoms with Gasteiger partial charge < -0.3 is 4.90 Å². The van der Waals surface area contributed by atoms with Crippen LogP contribution in [0.2, 0.25) is 0 Å². The second kappa shape index (κ2) is 6.00. The van der Waals surface area contributed by atoms with E-state index in [1.807, 2.05) is 6.07 Å². The Kier molecular flexibility index (Phi) is 4.60. The predicted molar refractivity (Wildman–Crippen MR) is 78.9 cm³/mol. The first-order chi connectivity index (χ1) is 8.60. The van der Waals surface area contributed by atoms with Crippen molar-refractivity contribution in [3.63, 3.8) is 0 Å². The van der Waals surface area contributed by atoms with Crippen molar-refractivity contribution in [3.8, 4) is 0 Å². The molecule has 0 aliphatic heterocycles. The zero-order valence-corrected chi connectivity index (χ0v) is 13.1. The molecule has 1 aliphatic carbocycles. The van der Waals surface area contributed by atoms with Crippen LogP contribution in [0.3, 0.4) is 0 Å². The number of nitrogens with zero attached hydrogens (tertiary/aromatic N) is 3. The molecule has 3 nitrogen and oxygen atoms in total. The third-order valence-electron chi connectivity index (χ3n) is 3.86. The molecule has 1 aromatic rings. The maximum absolute atomic E-state index is 4.64. The van der Waals surface area contributed by atoms with Gasteiger partial charge in [0.2, 0.25) is 0 Å². The van der Waals surface area contributed by atoms with Crippen molar-refractivity contribution in [1.29, 1.82) is 0 Å². The van der Waals surface area contributed by atoms with Crippen LogP contribution < -0.4 is 4.90 Å².